The van der Waals surface area contributed by atoms with Crippen LogP contribution >= 0.6 is 0 Å². The van der Waals surface area contributed by atoms with E-state index in [4.69, 9.17) is 20.4 Å². The molecular formula is C25H32N6O2. The van der Waals surface area contributed by atoms with Crippen molar-refractivity contribution >= 4 is 33.9 Å². The number of benzene rings is 1. The van der Waals surface area contributed by atoms with Gasteiger partial charge in [-0.25, -0.2) is 9.97 Å². The number of ether oxygens (including phenoxy) is 1. The van der Waals surface area contributed by atoms with Crippen molar-refractivity contribution in [3.05, 3.63) is 41.5 Å². The van der Waals surface area contributed by atoms with Crippen molar-refractivity contribution in [1.82, 2.24) is 24.8 Å². The summed E-state index contributed by atoms with van der Waals surface area (Å²) in [5, 5.41) is 3.05. The minimum Gasteiger partial charge on any atom is -0.384 e. The molecule has 3 heterocycles. The smallest absolute Gasteiger partial charge is 0.257 e. The maximum atomic E-state index is 13.2. The number of rotatable bonds is 7. The van der Waals surface area contributed by atoms with Crippen LogP contribution in [0.2, 0.25) is 0 Å². The number of carbonyl (C=O) groups is 1. The standard InChI is InChI=1S/C25H32N6O2/c26-23-21(25(32)27-11-13-30-14-16-33-17-15-30)22-24(29-20-9-5-4-8-19(20)28-22)31(23)12-10-18-6-2-1-3-7-18/h4-6,8-9H,1-3,7,10-17,26H2,(H,27,32). The van der Waals surface area contributed by atoms with E-state index in [-0.39, 0.29) is 5.91 Å². The number of hydrogen-bond acceptors (Lipinski definition) is 6. The Morgan fingerprint density at radius 2 is 1.88 bits per heavy atom. The highest BCUT2D eigenvalue weighted by molar-refractivity contribution is 6.10. The van der Waals surface area contributed by atoms with E-state index < -0.39 is 0 Å². The van der Waals surface area contributed by atoms with Crippen LogP contribution in [-0.4, -0.2) is 64.7 Å². The number of allylic oxidation sites excluding steroid dienone is 2. The van der Waals surface area contributed by atoms with Crippen LogP contribution in [0.1, 0.15) is 42.5 Å². The van der Waals surface area contributed by atoms with Crippen molar-refractivity contribution in [2.24, 2.45) is 0 Å². The van der Waals surface area contributed by atoms with Gasteiger partial charge in [0.05, 0.1) is 24.2 Å². The molecule has 1 aromatic carbocycles. The number of aryl methyl sites for hydroxylation is 1. The first-order valence-electron chi connectivity index (χ1n) is 12.0. The van der Waals surface area contributed by atoms with Crippen LogP contribution in [0.3, 0.4) is 0 Å². The van der Waals surface area contributed by atoms with Crippen LogP contribution in [0.15, 0.2) is 35.9 Å². The van der Waals surface area contributed by atoms with Crippen LogP contribution in [0.25, 0.3) is 22.2 Å². The summed E-state index contributed by atoms with van der Waals surface area (Å²) in [6, 6.07) is 7.75. The number of aromatic nitrogens is 3. The summed E-state index contributed by atoms with van der Waals surface area (Å²) in [5.74, 6) is 0.256. The van der Waals surface area contributed by atoms with Gasteiger partial charge in [0, 0.05) is 32.7 Å². The Hall–Kier alpha value is -2.97. The Kier molecular flexibility index (Phi) is 6.55. The van der Waals surface area contributed by atoms with Crippen LogP contribution in [0, 0.1) is 0 Å². The molecule has 33 heavy (non-hydrogen) atoms. The van der Waals surface area contributed by atoms with Crippen molar-refractivity contribution in [2.45, 2.75) is 38.6 Å². The van der Waals surface area contributed by atoms with Gasteiger partial charge in [-0.15, -0.1) is 0 Å². The SMILES string of the molecule is Nc1c(C(=O)NCCN2CCOCC2)c2nc3ccccc3nc2n1CCC1=CCCCC1. The summed E-state index contributed by atoms with van der Waals surface area (Å²) in [6.45, 7) is 5.31. The van der Waals surface area contributed by atoms with Gasteiger partial charge in [0.2, 0.25) is 0 Å². The lowest BCUT2D eigenvalue weighted by molar-refractivity contribution is 0.0383. The lowest BCUT2D eigenvalue weighted by atomic mass is 9.97. The van der Waals surface area contributed by atoms with E-state index in [2.05, 4.69) is 16.3 Å². The molecule has 1 amide bonds. The van der Waals surface area contributed by atoms with Crippen molar-refractivity contribution in [1.29, 1.82) is 0 Å². The molecule has 174 valence electrons. The van der Waals surface area contributed by atoms with E-state index in [1.807, 2.05) is 28.8 Å². The fraction of sp³-hybridized carbons (Fsp3) is 0.480. The molecule has 0 spiro atoms. The number of anilines is 1. The summed E-state index contributed by atoms with van der Waals surface area (Å²) in [4.78, 5) is 25.2. The molecule has 2 aromatic heterocycles. The summed E-state index contributed by atoms with van der Waals surface area (Å²) in [7, 11) is 0. The maximum absolute atomic E-state index is 13.2. The number of fused-ring (bicyclic) bond motifs is 2. The third-order valence-electron chi connectivity index (χ3n) is 6.68. The number of nitrogens with two attached hydrogens (primary N) is 1. The van der Waals surface area contributed by atoms with Gasteiger partial charge in [0.25, 0.3) is 5.91 Å². The highest BCUT2D eigenvalue weighted by atomic mass is 16.5. The molecule has 8 heteroatoms. The fourth-order valence-electron chi connectivity index (χ4n) is 4.80. The summed E-state index contributed by atoms with van der Waals surface area (Å²) in [6.07, 6.45) is 8.08. The van der Waals surface area contributed by atoms with Gasteiger partial charge in [0.15, 0.2) is 5.65 Å². The van der Waals surface area contributed by atoms with E-state index in [1.165, 1.54) is 18.4 Å². The van der Waals surface area contributed by atoms with E-state index >= 15 is 0 Å². The molecule has 0 saturated carbocycles. The number of nitrogens with zero attached hydrogens (tertiary/aromatic N) is 4. The molecule has 0 atom stereocenters. The Bertz CT molecular complexity index is 1180. The molecule has 5 rings (SSSR count). The summed E-state index contributed by atoms with van der Waals surface area (Å²) < 4.78 is 7.37. The molecule has 1 aliphatic carbocycles. The van der Waals surface area contributed by atoms with Gasteiger partial charge >= 0.3 is 0 Å². The van der Waals surface area contributed by atoms with Crippen LogP contribution in [0.4, 0.5) is 5.82 Å². The Morgan fingerprint density at radius 1 is 1.09 bits per heavy atom. The van der Waals surface area contributed by atoms with Gasteiger partial charge in [-0.2, -0.15) is 0 Å². The number of hydrogen-bond donors (Lipinski definition) is 2. The van der Waals surface area contributed by atoms with Gasteiger partial charge < -0.3 is 20.4 Å². The first-order chi connectivity index (χ1) is 16.2. The maximum Gasteiger partial charge on any atom is 0.257 e. The van der Waals surface area contributed by atoms with Crippen LogP contribution in [-0.2, 0) is 11.3 Å². The third kappa shape index (κ3) is 4.72. The van der Waals surface area contributed by atoms with Crippen molar-refractivity contribution in [3.8, 4) is 0 Å². The molecule has 3 N–H and O–H groups in total. The van der Waals surface area contributed by atoms with Crippen LogP contribution in [0.5, 0.6) is 0 Å². The second-order valence-electron chi connectivity index (χ2n) is 8.86. The highest BCUT2D eigenvalue weighted by Crippen LogP contribution is 2.29. The lowest BCUT2D eigenvalue weighted by Crippen LogP contribution is -2.41. The molecule has 3 aromatic rings. The first kappa shape index (κ1) is 21.9. The Labute approximate surface area is 193 Å². The fourth-order valence-corrected chi connectivity index (χ4v) is 4.80. The normalized spacial score (nSPS) is 17.4. The molecule has 0 bridgehead atoms. The number of carbonyl (C=O) groups excluding carboxylic acids is 1. The zero-order valence-corrected chi connectivity index (χ0v) is 19.1. The number of amides is 1. The zero-order chi connectivity index (χ0) is 22.6. The van der Waals surface area contributed by atoms with Gasteiger partial charge in [-0.05, 0) is 44.2 Å². The van der Waals surface area contributed by atoms with Crippen molar-refractivity contribution in [2.75, 3.05) is 45.1 Å². The van der Waals surface area contributed by atoms with E-state index in [0.717, 1.165) is 63.1 Å². The molecule has 2 aliphatic rings. The first-order valence-corrected chi connectivity index (χ1v) is 12.0. The Balaban J connectivity index is 1.43. The second-order valence-corrected chi connectivity index (χ2v) is 8.86. The minimum absolute atomic E-state index is 0.189. The van der Waals surface area contributed by atoms with Crippen molar-refractivity contribution < 1.29 is 9.53 Å². The molecule has 0 radical (unpaired) electrons. The average Bonchev–Trinajstić information content (AvgIpc) is 3.12. The predicted octanol–water partition coefficient (Wildman–Crippen LogP) is 3.12. The largest absolute Gasteiger partial charge is 0.384 e. The topological polar surface area (TPSA) is 98.3 Å². The van der Waals surface area contributed by atoms with E-state index in [1.54, 1.807) is 0 Å². The quantitative estimate of drug-likeness (QED) is 0.539. The molecule has 1 saturated heterocycles. The lowest BCUT2D eigenvalue weighted by Gasteiger charge is -2.26. The molecule has 0 unspecified atom stereocenters. The second kappa shape index (κ2) is 9.89. The minimum atomic E-state index is -0.189. The predicted molar refractivity (Wildman–Crippen MR) is 130 cm³/mol. The van der Waals surface area contributed by atoms with Crippen LogP contribution < -0.4 is 11.1 Å². The number of para-hydroxylation sites is 2. The van der Waals surface area contributed by atoms with Crippen molar-refractivity contribution in [3.63, 3.8) is 0 Å². The number of nitrogens with one attached hydrogen (secondary N) is 1. The molecule has 1 aliphatic heterocycles. The Morgan fingerprint density at radius 3 is 2.64 bits per heavy atom. The van der Waals surface area contributed by atoms with Gasteiger partial charge in [-0.3, -0.25) is 9.69 Å². The zero-order valence-electron chi connectivity index (χ0n) is 19.1. The van der Waals surface area contributed by atoms with Gasteiger partial charge in [0.1, 0.15) is 16.9 Å². The summed E-state index contributed by atoms with van der Waals surface area (Å²) >= 11 is 0. The molecule has 8 nitrogen and oxygen atoms in total. The monoisotopic (exact) mass is 448 g/mol. The number of morpholine rings is 1. The molecular weight excluding hydrogens is 416 g/mol. The highest BCUT2D eigenvalue weighted by Gasteiger charge is 2.24. The summed E-state index contributed by atoms with van der Waals surface area (Å²) in [5.41, 5.74) is 11.3. The third-order valence-corrected chi connectivity index (χ3v) is 6.68. The van der Waals surface area contributed by atoms with Gasteiger partial charge in [-0.1, -0.05) is 23.8 Å². The number of nitrogen functional groups attached to an aromatic ring is 1. The van der Waals surface area contributed by atoms with E-state index in [9.17, 15) is 4.79 Å². The van der Waals surface area contributed by atoms with E-state index in [0.29, 0.717) is 35.6 Å². The average molecular weight is 449 g/mol. The molecule has 1 fully saturated rings.